The molecule has 0 nitrogen and oxygen atoms in total. The van der Waals surface area contributed by atoms with Crippen molar-refractivity contribution < 1.29 is 4.39 Å². The van der Waals surface area contributed by atoms with Gasteiger partial charge in [-0.3, -0.25) is 0 Å². The van der Waals surface area contributed by atoms with Crippen LogP contribution in [0.3, 0.4) is 0 Å². The lowest BCUT2D eigenvalue weighted by atomic mass is 9.99. The van der Waals surface area contributed by atoms with Crippen molar-refractivity contribution in [2.75, 3.05) is 0 Å². The third-order valence-corrected chi connectivity index (χ3v) is 3.81. The molecule has 2 aromatic rings. The third-order valence-electron chi connectivity index (χ3n) is 3.01. The molecule has 0 bridgehead atoms. The van der Waals surface area contributed by atoms with Gasteiger partial charge in [0.2, 0.25) is 0 Å². The Morgan fingerprint density at radius 3 is 2.33 bits per heavy atom. The van der Waals surface area contributed by atoms with E-state index in [9.17, 15) is 4.39 Å². The largest absolute Gasteiger partial charge is 0.207 e. The Morgan fingerprint density at radius 1 is 1.00 bits per heavy atom. The van der Waals surface area contributed by atoms with Crippen LogP contribution in [0.2, 0.25) is 5.02 Å². The normalized spacial score (nSPS) is 12.5. The van der Waals surface area contributed by atoms with Gasteiger partial charge in [-0.05, 0) is 48.2 Å². The average molecular weight is 283 g/mol. The zero-order chi connectivity index (χ0) is 13.3. The van der Waals surface area contributed by atoms with Crippen LogP contribution < -0.4 is 0 Å². The second-order valence-electron chi connectivity index (χ2n) is 4.34. The molecule has 0 amide bonds. The average Bonchev–Trinajstić information content (AvgIpc) is 2.33. The fourth-order valence-electron chi connectivity index (χ4n) is 1.91. The standard InChI is InChI=1S/C15H13Cl2F/c1-9-5-3-4-6-11(9)15(17)12-7-10(2)14(18)8-13(12)16/h3-8,15H,1-2H3. The molecule has 18 heavy (non-hydrogen) atoms. The van der Waals surface area contributed by atoms with Gasteiger partial charge in [0.25, 0.3) is 0 Å². The molecule has 0 spiro atoms. The molecule has 0 aliphatic rings. The second kappa shape index (κ2) is 5.29. The molecule has 0 aliphatic heterocycles. The van der Waals surface area contributed by atoms with E-state index >= 15 is 0 Å². The molecule has 0 radical (unpaired) electrons. The molecule has 3 heteroatoms. The minimum absolute atomic E-state index is 0.308. The summed E-state index contributed by atoms with van der Waals surface area (Å²) in [6.45, 7) is 3.70. The van der Waals surface area contributed by atoms with E-state index < -0.39 is 0 Å². The molecule has 1 atom stereocenters. The molecule has 2 aromatic carbocycles. The highest BCUT2D eigenvalue weighted by Gasteiger charge is 2.17. The molecule has 0 saturated heterocycles. The van der Waals surface area contributed by atoms with Gasteiger partial charge < -0.3 is 0 Å². The first-order valence-corrected chi connectivity index (χ1v) is 6.47. The summed E-state index contributed by atoms with van der Waals surface area (Å²) >= 11 is 12.5. The Hall–Kier alpha value is -1.05. The zero-order valence-electron chi connectivity index (χ0n) is 10.2. The summed E-state index contributed by atoms with van der Waals surface area (Å²) in [7, 11) is 0. The van der Waals surface area contributed by atoms with Crippen LogP contribution in [0.5, 0.6) is 0 Å². The summed E-state index contributed by atoms with van der Waals surface area (Å²) in [5, 5.41) is -0.000599. The quantitative estimate of drug-likeness (QED) is 0.645. The van der Waals surface area contributed by atoms with E-state index in [-0.39, 0.29) is 11.2 Å². The number of aryl methyl sites for hydroxylation is 2. The predicted octanol–water partition coefficient (Wildman–Crippen LogP) is 5.42. The van der Waals surface area contributed by atoms with Crippen molar-refractivity contribution in [2.45, 2.75) is 19.2 Å². The first-order chi connectivity index (χ1) is 8.50. The second-order valence-corrected chi connectivity index (χ2v) is 5.19. The van der Waals surface area contributed by atoms with E-state index in [2.05, 4.69) is 0 Å². The van der Waals surface area contributed by atoms with Crippen LogP contribution in [0.15, 0.2) is 36.4 Å². The minimum Gasteiger partial charge on any atom is -0.207 e. The lowest BCUT2D eigenvalue weighted by Crippen LogP contribution is -1.99. The summed E-state index contributed by atoms with van der Waals surface area (Å²) in [6.07, 6.45) is 0. The van der Waals surface area contributed by atoms with Crippen LogP contribution in [-0.2, 0) is 0 Å². The first-order valence-electron chi connectivity index (χ1n) is 5.66. The molecular formula is C15H13Cl2F. The van der Waals surface area contributed by atoms with Crippen LogP contribution in [-0.4, -0.2) is 0 Å². The maximum Gasteiger partial charge on any atom is 0.127 e. The minimum atomic E-state index is -0.363. The molecule has 0 aliphatic carbocycles. The Balaban J connectivity index is 2.50. The van der Waals surface area contributed by atoms with E-state index in [1.54, 1.807) is 13.0 Å². The van der Waals surface area contributed by atoms with Crippen LogP contribution >= 0.6 is 23.2 Å². The Labute approximate surface area is 116 Å². The number of rotatable bonds is 2. The van der Waals surface area contributed by atoms with E-state index in [4.69, 9.17) is 23.2 Å². The van der Waals surface area contributed by atoms with Crippen molar-refractivity contribution in [3.05, 3.63) is 69.5 Å². The van der Waals surface area contributed by atoms with Crippen molar-refractivity contribution >= 4 is 23.2 Å². The molecule has 94 valence electrons. The van der Waals surface area contributed by atoms with Crippen molar-refractivity contribution in [3.63, 3.8) is 0 Å². The Kier molecular flexibility index (Phi) is 3.94. The molecule has 0 aromatic heterocycles. The molecule has 0 fully saturated rings. The van der Waals surface area contributed by atoms with Crippen molar-refractivity contribution in [1.29, 1.82) is 0 Å². The van der Waals surface area contributed by atoms with Crippen molar-refractivity contribution in [1.82, 2.24) is 0 Å². The van der Waals surface area contributed by atoms with E-state index in [1.165, 1.54) is 6.07 Å². The Bertz CT molecular complexity index is 579. The molecule has 1 unspecified atom stereocenters. The van der Waals surface area contributed by atoms with Gasteiger partial charge in [-0.2, -0.15) is 0 Å². The predicted molar refractivity (Wildman–Crippen MR) is 75.0 cm³/mol. The molecule has 0 heterocycles. The number of halogens is 3. The number of benzene rings is 2. The molecule has 0 saturated carbocycles. The van der Waals surface area contributed by atoms with E-state index in [1.807, 2.05) is 31.2 Å². The maximum atomic E-state index is 13.4. The molecular weight excluding hydrogens is 270 g/mol. The van der Waals surface area contributed by atoms with Crippen LogP contribution in [0.4, 0.5) is 4.39 Å². The van der Waals surface area contributed by atoms with Crippen molar-refractivity contribution in [3.8, 4) is 0 Å². The SMILES string of the molecule is Cc1cc(C(Cl)c2ccccc2C)c(Cl)cc1F. The van der Waals surface area contributed by atoms with Gasteiger partial charge in [0.1, 0.15) is 5.82 Å². The Morgan fingerprint density at radius 2 is 1.67 bits per heavy atom. The summed E-state index contributed by atoms with van der Waals surface area (Å²) in [4.78, 5) is 0. The van der Waals surface area contributed by atoms with Crippen molar-refractivity contribution in [2.24, 2.45) is 0 Å². The highest BCUT2D eigenvalue weighted by atomic mass is 35.5. The van der Waals surface area contributed by atoms with Gasteiger partial charge in [-0.15, -0.1) is 11.6 Å². The monoisotopic (exact) mass is 282 g/mol. The molecule has 2 rings (SSSR count). The van der Waals surface area contributed by atoms with Crippen LogP contribution in [0.25, 0.3) is 0 Å². The van der Waals surface area contributed by atoms with E-state index in [0.717, 1.165) is 16.7 Å². The van der Waals surface area contributed by atoms with Gasteiger partial charge in [0, 0.05) is 5.02 Å². The lowest BCUT2D eigenvalue weighted by Gasteiger charge is -2.15. The van der Waals surface area contributed by atoms with Gasteiger partial charge in [0.05, 0.1) is 5.38 Å². The van der Waals surface area contributed by atoms with Gasteiger partial charge in [-0.1, -0.05) is 35.9 Å². The molecule has 0 N–H and O–H groups in total. The smallest absolute Gasteiger partial charge is 0.127 e. The highest BCUT2D eigenvalue weighted by molar-refractivity contribution is 6.33. The summed E-state index contributed by atoms with van der Waals surface area (Å²) in [5.41, 5.74) is 3.38. The fraction of sp³-hybridized carbons (Fsp3) is 0.200. The third kappa shape index (κ3) is 2.52. The van der Waals surface area contributed by atoms with Gasteiger partial charge in [0.15, 0.2) is 0 Å². The van der Waals surface area contributed by atoms with E-state index in [0.29, 0.717) is 10.6 Å². The zero-order valence-corrected chi connectivity index (χ0v) is 11.7. The number of alkyl halides is 1. The summed E-state index contributed by atoms with van der Waals surface area (Å²) < 4.78 is 13.4. The maximum absolute atomic E-state index is 13.4. The van der Waals surface area contributed by atoms with Gasteiger partial charge >= 0.3 is 0 Å². The number of hydrogen-bond donors (Lipinski definition) is 0. The summed E-state index contributed by atoms with van der Waals surface area (Å²) in [6, 6.07) is 10.9. The summed E-state index contributed by atoms with van der Waals surface area (Å²) in [5.74, 6) is -0.308. The topological polar surface area (TPSA) is 0 Å². The van der Waals surface area contributed by atoms with Crippen LogP contribution in [0.1, 0.15) is 27.6 Å². The fourth-order valence-corrected chi connectivity index (χ4v) is 2.65. The first kappa shape index (κ1) is 13.4. The van der Waals surface area contributed by atoms with Crippen LogP contribution in [0, 0.1) is 19.7 Å². The van der Waals surface area contributed by atoms with Gasteiger partial charge in [-0.25, -0.2) is 4.39 Å². The number of hydrogen-bond acceptors (Lipinski definition) is 0. The lowest BCUT2D eigenvalue weighted by molar-refractivity contribution is 0.618. The highest BCUT2D eigenvalue weighted by Crippen LogP contribution is 2.36.